The summed E-state index contributed by atoms with van der Waals surface area (Å²) in [6.07, 6.45) is 1.73. The van der Waals surface area contributed by atoms with Crippen LogP contribution in [-0.4, -0.2) is 36.1 Å². The van der Waals surface area contributed by atoms with Crippen LogP contribution in [0.15, 0.2) is 18.3 Å². The second kappa shape index (κ2) is 4.16. The fourth-order valence-electron chi connectivity index (χ4n) is 1.51. The number of methoxy groups -OCH3 is 1. The van der Waals surface area contributed by atoms with E-state index < -0.39 is 0 Å². The van der Waals surface area contributed by atoms with E-state index >= 15 is 0 Å². The highest BCUT2D eigenvalue weighted by molar-refractivity contribution is 5.76. The lowest BCUT2D eigenvalue weighted by atomic mass is 10.2. The van der Waals surface area contributed by atoms with Gasteiger partial charge in [0.25, 0.3) is 0 Å². The molecule has 0 aliphatic carbocycles. The molecular weight excluding hydrogens is 194 g/mol. The highest BCUT2D eigenvalue weighted by Crippen LogP contribution is 2.10. The summed E-state index contributed by atoms with van der Waals surface area (Å²) in [5, 5.41) is 2.75. The van der Waals surface area contributed by atoms with E-state index in [4.69, 9.17) is 4.74 Å². The number of rotatable bonds is 3. The molecule has 0 spiro atoms. The highest BCUT2D eigenvalue weighted by atomic mass is 16.5. The van der Waals surface area contributed by atoms with Gasteiger partial charge in [-0.1, -0.05) is 6.07 Å². The van der Waals surface area contributed by atoms with E-state index in [0.29, 0.717) is 12.4 Å². The predicted molar refractivity (Wildman–Crippen MR) is 54.6 cm³/mol. The third-order valence-corrected chi connectivity index (χ3v) is 2.33. The Labute approximate surface area is 88.1 Å². The van der Waals surface area contributed by atoms with E-state index in [9.17, 15) is 4.79 Å². The van der Waals surface area contributed by atoms with E-state index in [0.717, 1.165) is 18.7 Å². The molecule has 1 fully saturated rings. The fourth-order valence-corrected chi connectivity index (χ4v) is 1.51. The molecule has 80 valence electrons. The summed E-state index contributed by atoms with van der Waals surface area (Å²) < 4.78 is 4.96. The Morgan fingerprint density at radius 1 is 1.60 bits per heavy atom. The van der Waals surface area contributed by atoms with Crippen molar-refractivity contribution in [3.05, 3.63) is 23.9 Å². The lowest BCUT2D eigenvalue weighted by molar-refractivity contribution is 0.215. The Morgan fingerprint density at radius 3 is 3.00 bits per heavy atom. The molecule has 15 heavy (non-hydrogen) atoms. The first-order valence-electron chi connectivity index (χ1n) is 4.81. The largest absolute Gasteiger partial charge is 0.481 e. The van der Waals surface area contributed by atoms with E-state index in [1.165, 1.54) is 0 Å². The monoisotopic (exact) mass is 207 g/mol. The molecule has 0 unspecified atom stereocenters. The highest BCUT2D eigenvalue weighted by Gasteiger charge is 2.19. The van der Waals surface area contributed by atoms with Crippen molar-refractivity contribution in [3.8, 4) is 5.88 Å². The topological polar surface area (TPSA) is 54.5 Å². The molecule has 5 nitrogen and oxygen atoms in total. The Bertz CT molecular complexity index is 350. The zero-order valence-electron chi connectivity index (χ0n) is 8.56. The van der Waals surface area contributed by atoms with Crippen LogP contribution in [0.3, 0.4) is 0 Å². The van der Waals surface area contributed by atoms with Crippen LogP contribution >= 0.6 is 0 Å². The van der Waals surface area contributed by atoms with Gasteiger partial charge in [0.1, 0.15) is 0 Å². The SMILES string of the molecule is COc1ccc(CN2CCNC2=O)cn1. The molecular formula is C10H13N3O2. The number of nitrogens with one attached hydrogen (secondary N) is 1. The zero-order valence-corrected chi connectivity index (χ0v) is 8.56. The van der Waals surface area contributed by atoms with Gasteiger partial charge in [-0.2, -0.15) is 0 Å². The molecule has 1 aliphatic rings. The molecule has 0 bridgehead atoms. The molecule has 1 aromatic heterocycles. The third kappa shape index (κ3) is 2.18. The number of hydrogen-bond donors (Lipinski definition) is 1. The number of aromatic nitrogens is 1. The number of carbonyl (C=O) groups is 1. The normalized spacial score (nSPS) is 15.3. The summed E-state index contributed by atoms with van der Waals surface area (Å²) in [6.45, 7) is 2.08. The Morgan fingerprint density at radius 2 is 2.47 bits per heavy atom. The summed E-state index contributed by atoms with van der Waals surface area (Å²) in [7, 11) is 1.58. The fraction of sp³-hybridized carbons (Fsp3) is 0.400. The standard InChI is InChI=1S/C10H13N3O2/c1-15-9-3-2-8(6-12-9)7-13-5-4-11-10(13)14/h2-3,6H,4-5,7H2,1H3,(H,11,14). The average Bonchev–Trinajstić information content (AvgIpc) is 2.66. The molecule has 5 heteroatoms. The van der Waals surface area contributed by atoms with Crippen LogP contribution in [0.25, 0.3) is 0 Å². The predicted octanol–water partition coefficient (Wildman–Crippen LogP) is 0.615. The van der Waals surface area contributed by atoms with Gasteiger partial charge in [-0.05, 0) is 5.56 Å². The Balaban J connectivity index is 2.01. The van der Waals surface area contributed by atoms with Crippen LogP contribution in [0.1, 0.15) is 5.56 Å². The minimum atomic E-state index is -0.00850. The molecule has 2 amide bonds. The summed E-state index contributed by atoms with van der Waals surface area (Å²) in [4.78, 5) is 17.1. The van der Waals surface area contributed by atoms with Gasteiger partial charge in [-0.3, -0.25) is 0 Å². The summed E-state index contributed by atoms with van der Waals surface area (Å²) in [6, 6.07) is 3.70. The van der Waals surface area contributed by atoms with E-state index in [1.54, 1.807) is 24.3 Å². The van der Waals surface area contributed by atoms with Crippen LogP contribution in [0.4, 0.5) is 4.79 Å². The van der Waals surface area contributed by atoms with Crippen LogP contribution in [0.2, 0.25) is 0 Å². The number of urea groups is 1. The zero-order chi connectivity index (χ0) is 10.7. The van der Waals surface area contributed by atoms with Crippen LogP contribution in [0, 0.1) is 0 Å². The second-order valence-corrected chi connectivity index (χ2v) is 3.36. The quantitative estimate of drug-likeness (QED) is 0.790. The van der Waals surface area contributed by atoms with Crippen molar-refractivity contribution in [3.63, 3.8) is 0 Å². The van der Waals surface area contributed by atoms with Gasteiger partial charge in [-0.15, -0.1) is 0 Å². The smallest absolute Gasteiger partial charge is 0.317 e. The van der Waals surface area contributed by atoms with Crippen molar-refractivity contribution < 1.29 is 9.53 Å². The van der Waals surface area contributed by atoms with Gasteiger partial charge in [-0.25, -0.2) is 9.78 Å². The molecule has 1 aromatic rings. The van der Waals surface area contributed by atoms with Gasteiger partial charge in [0.2, 0.25) is 5.88 Å². The molecule has 0 aromatic carbocycles. The lowest BCUT2D eigenvalue weighted by Gasteiger charge is -2.13. The Kier molecular flexibility index (Phi) is 2.71. The van der Waals surface area contributed by atoms with Gasteiger partial charge >= 0.3 is 6.03 Å². The van der Waals surface area contributed by atoms with Gasteiger partial charge in [0.15, 0.2) is 0 Å². The molecule has 0 radical (unpaired) electrons. The van der Waals surface area contributed by atoms with Crippen molar-refractivity contribution >= 4 is 6.03 Å². The number of pyridine rings is 1. The molecule has 1 saturated heterocycles. The number of nitrogens with zero attached hydrogens (tertiary/aromatic N) is 2. The van der Waals surface area contributed by atoms with Gasteiger partial charge < -0.3 is 15.0 Å². The molecule has 1 N–H and O–H groups in total. The molecule has 1 aliphatic heterocycles. The van der Waals surface area contributed by atoms with Crippen molar-refractivity contribution in [2.75, 3.05) is 20.2 Å². The molecule has 2 heterocycles. The summed E-state index contributed by atoms with van der Waals surface area (Å²) >= 11 is 0. The number of hydrogen-bond acceptors (Lipinski definition) is 3. The second-order valence-electron chi connectivity index (χ2n) is 3.36. The Hall–Kier alpha value is -1.78. The number of amides is 2. The first-order valence-corrected chi connectivity index (χ1v) is 4.81. The summed E-state index contributed by atoms with van der Waals surface area (Å²) in [5.41, 5.74) is 1.01. The van der Waals surface area contributed by atoms with Crippen molar-refractivity contribution in [2.24, 2.45) is 0 Å². The molecule has 0 atom stereocenters. The van der Waals surface area contributed by atoms with E-state index in [2.05, 4.69) is 10.3 Å². The number of carbonyl (C=O) groups excluding carboxylic acids is 1. The first kappa shape index (κ1) is 9.76. The van der Waals surface area contributed by atoms with Crippen LogP contribution in [0.5, 0.6) is 5.88 Å². The minimum Gasteiger partial charge on any atom is -0.481 e. The maximum Gasteiger partial charge on any atom is 0.317 e. The van der Waals surface area contributed by atoms with Crippen molar-refractivity contribution in [1.82, 2.24) is 15.2 Å². The minimum absolute atomic E-state index is 0.00850. The van der Waals surface area contributed by atoms with Crippen LogP contribution < -0.4 is 10.1 Å². The van der Waals surface area contributed by atoms with Crippen molar-refractivity contribution in [1.29, 1.82) is 0 Å². The van der Waals surface area contributed by atoms with Gasteiger partial charge in [0, 0.05) is 31.9 Å². The summed E-state index contributed by atoms with van der Waals surface area (Å²) in [5.74, 6) is 0.588. The van der Waals surface area contributed by atoms with E-state index in [-0.39, 0.29) is 6.03 Å². The maximum atomic E-state index is 11.3. The molecule has 0 saturated carbocycles. The van der Waals surface area contributed by atoms with Crippen molar-refractivity contribution in [2.45, 2.75) is 6.54 Å². The van der Waals surface area contributed by atoms with Crippen LogP contribution in [-0.2, 0) is 6.54 Å². The lowest BCUT2D eigenvalue weighted by Crippen LogP contribution is -2.27. The van der Waals surface area contributed by atoms with E-state index in [1.807, 2.05) is 6.07 Å². The molecule has 2 rings (SSSR count). The average molecular weight is 207 g/mol. The maximum absolute atomic E-state index is 11.3. The van der Waals surface area contributed by atoms with Gasteiger partial charge in [0.05, 0.1) is 7.11 Å². The number of ether oxygens (including phenoxy) is 1. The first-order chi connectivity index (χ1) is 7.29. The third-order valence-electron chi connectivity index (χ3n) is 2.33.